The third kappa shape index (κ3) is 2.60. The Balaban J connectivity index is 1.95. The predicted molar refractivity (Wildman–Crippen MR) is 80.6 cm³/mol. The second-order valence-corrected chi connectivity index (χ2v) is 6.26. The zero-order valence-corrected chi connectivity index (χ0v) is 13.1. The maximum Gasteiger partial charge on any atom is 0.170 e. The molecule has 4 heteroatoms. The van der Waals surface area contributed by atoms with Crippen LogP contribution in [0.3, 0.4) is 0 Å². The molecular formula is C15H10Br2O2. The topological polar surface area (TPSA) is 26.3 Å². The molecule has 0 spiro atoms. The van der Waals surface area contributed by atoms with E-state index in [9.17, 15) is 4.79 Å². The van der Waals surface area contributed by atoms with E-state index in [1.807, 2.05) is 42.5 Å². The standard InChI is InChI=1S/C15H10Br2O2/c16-10-3-1-9(2-4-10)15-8-13(18)12-7-11(17)5-6-14(12)19-15/h1-7,15H,8H2/t15-/m0/s1. The van der Waals surface area contributed by atoms with Crippen molar-refractivity contribution in [1.82, 2.24) is 0 Å². The highest BCUT2D eigenvalue weighted by atomic mass is 79.9. The van der Waals surface area contributed by atoms with E-state index >= 15 is 0 Å². The van der Waals surface area contributed by atoms with E-state index in [0.29, 0.717) is 17.7 Å². The highest BCUT2D eigenvalue weighted by molar-refractivity contribution is 9.10. The van der Waals surface area contributed by atoms with Crippen LogP contribution in [0.4, 0.5) is 0 Å². The Morgan fingerprint density at radius 1 is 1.00 bits per heavy atom. The van der Waals surface area contributed by atoms with Gasteiger partial charge in [0, 0.05) is 8.95 Å². The van der Waals surface area contributed by atoms with Crippen LogP contribution in [0.25, 0.3) is 0 Å². The van der Waals surface area contributed by atoms with Gasteiger partial charge in [0.1, 0.15) is 11.9 Å². The normalized spacial score (nSPS) is 17.8. The van der Waals surface area contributed by atoms with Gasteiger partial charge in [-0.15, -0.1) is 0 Å². The van der Waals surface area contributed by atoms with Crippen LogP contribution >= 0.6 is 31.9 Å². The lowest BCUT2D eigenvalue weighted by molar-refractivity contribution is 0.0850. The lowest BCUT2D eigenvalue weighted by Gasteiger charge is -2.25. The molecular weight excluding hydrogens is 372 g/mol. The number of halogens is 2. The molecule has 0 aromatic heterocycles. The largest absolute Gasteiger partial charge is 0.484 e. The first-order valence-corrected chi connectivity index (χ1v) is 7.47. The van der Waals surface area contributed by atoms with Crippen molar-refractivity contribution in [2.45, 2.75) is 12.5 Å². The van der Waals surface area contributed by atoms with Gasteiger partial charge in [-0.3, -0.25) is 4.79 Å². The van der Waals surface area contributed by atoms with Gasteiger partial charge in [0.05, 0.1) is 12.0 Å². The third-order valence-electron chi connectivity index (χ3n) is 3.12. The SMILES string of the molecule is O=C1C[C@@H](c2ccc(Br)cc2)Oc2ccc(Br)cc21. The number of ether oxygens (including phenoxy) is 1. The van der Waals surface area contributed by atoms with Gasteiger partial charge in [-0.2, -0.15) is 0 Å². The number of benzene rings is 2. The van der Waals surface area contributed by atoms with Gasteiger partial charge < -0.3 is 4.74 Å². The summed E-state index contributed by atoms with van der Waals surface area (Å²) >= 11 is 6.78. The molecule has 1 aliphatic rings. The van der Waals surface area contributed by atoms with Crippen molar-refractivity contribution in [2.75, 3.05) is 0 Å². The molecule has 2 nitrogen and oxygen atoms in total. The molecule has 0 bridgehead atoms. The zero-order chi connectivity index (χ0) is 13.4. The number of carbonyl (C=O) groups excluding carboxylic acids is 1. The van der Waals surface area contributed by atoms with Crippen LogP contribution in [0.1, 0.15) is 28.4 Å². The molecule has 0 fully saturated rings. The number of hydrogen-bond donors (Lipinski definition) is 0. The lowest BCUT2D eigenvalue weighted by Crippen LogP contribution is -2.20. The predicted octanol–water partition coefficient (Wildman–Crippen LogP) is 4.92. The van der Waals surface area contributed by atoms with Crippen molar-refractivity contribution in [3.63, 3.8) is 0 Å². The van der Waals surface area contributed by atoms with E-state index in [1.165, 1.54) is 0 Å². The van der Waals surface area contributed by atoms with Crippen molar-refractivity contribution in [1.29, 1.82) is 0 Å². The van der Waals surface area contributed by atoms with Crippen LogP contribution in [0.2, 0.25) is 0 Å². The van der Waals surface area contributed by atoms with Crippen LogP contribution in [0.15, 0.2) is 51.4 Å². The Morgan fingerprint density at radius 3 is 2.42 bits per heavy atom. The molecule has 3 rings (SSSR count). The summed E-state index contributed by atoms with van der Waals surface area (Å²) in [6, 6.07) is 13.4. The Kier molecular flexibility index (Phi) is 3.46. The van der Waals surface area contributed by atoms with E-state index in [-0.39, 0.29) is 11.9 Å². The highest BCUT2D eigenvalue weighted by Gasteiger charge is 2.27. The molecule has 2 aromatic carbocycles. The summed E-state index contributed by atoms with van der Waals surface area (Å²) in [4.78, 5) is 12.2. The smallest absolute Gasteiger partial charge is 0.170 e. The third-order valence-corrected chi connectivity index (χ3v) is 4.15. The minimum absolute atomic E-state index is 0.121. The molecule has 19 heavy (non-hydrogen) atoms. The molecule has 0 radical (unpaired) electrons. The minimum Gasteiger partial charge on any atom is -0.484 e. The van der Waals surface area contributed by atoms with Gasteiger partial charge in [-0.1, -0.05) is 44.0 Å². The Bertz CT molecular complexity index is 635. The van der Waals surface area contributed by atoms with Crippen LogP contribution in [-0.2, 0) is 0 Å². The molecule has 1 heterocycles. The second kappa shape index (κ2) is 5.10. The van der Waals surface area contributed by atoms with Gasteiger partial charge in [0.25, 0.3) is 0 Å². The van der Waals surface area contributed by atoms with E-state index in [0.717, 1.165) is 14.5 Å². The average Bonchev–Trinajstić information content (AvgIpc) is 2.40. The number of Topliss-reactive ketones (excluding diaryl/α,β-unsaturated/α-hetero) is 1. The molecule has 0 unspecified atom stereocenters. The van der Waals surface area contributed by atoms with E-state index < -0.39 is 0 Å². The quantitative estimate of drug-likeness (QED) is 0.700. The fourth-order valence-electron chi connectivity index (χ4n) is 2.16. The molecule has 0 aliphatic carbocycles. The Labute approximate surface area is 128 Å². The number of hydrogen-bond acceptors (Lipinski definition) is 2. The lowest BCUT2D eigenvalue weighted by atomic mass is 9.96. The number of ketones is 1. The van der Waals surface area contributed by atoms with Crippen LogP contribution in [-0.4, -0.2) is 5.78 Å². The van der Waals surface area contributed by atoms with Crippen LogP contribution in [0.5, 0.6) is 5.75 Å². The summed E-state index contributed by atoms with van der Waals surface area (Å²) in [7, 11) is 0. The molecule has 0 amide bonds. The van der Waals surface area contributed by atoms with E-state index in [4.69, 9.17) is 4.74 Å². The molecule has 2 aromatic rings. The van der Waals surface area contributed by atoms with Gasteiger partial charge in [0.15, 0.2) is 5.78 Å². The summed E-state index contributed by atoms with van der Waals surface area (Å²) in [5.41, 5.74) is 1.67. The first-order chi connectivity index (χ1) is 9.13. The fraction of sp³-hybridized carbons (Fsp3) is 0.133. The number of rotatable bonds is 1. The molecule has 96 valence electrons. The minimum atomic E-state index is -0.200. The summed E-state index contributed by atoms with van der Waals surface area (Å²) in [5, 5.41) is 0. The maximum atomic E-state index is 12.2. The van der Waals surface area contributed by atoms with Crippen molar-refractivity contribution < 1.29 is 9.53 Å². The summed E-state index contributed by atoms with van der Waals surface area (Å²) in [6.07, 6.45) is 0.180. The molecule has 1 atom stereocenters. The fourth-order valence-corrected chi connectivity index (χ4v) is 2.78. The molecule has 0 saturated heterocycles. The average molecular weight is 382 g/mol. The van der Waals surface area contributed by atoms with Crippen molar-refractivity contribution in [2.24, 2.45) is 0 Å². The van der Waals surface area contributed by atoms with Gasteiger partial charge in [0.2, 0.25) is 0 Å². The molecule has 0 saturated carbocycles. The van der Waals surface area contributed by atoms with Gasteiger partial charge in [-0.25, -0.2) is 0 Å². The Morgan fingerprint density at radius 2 is 1.68 bits per heavy atom. The monoisotopic (exact) mass is 380 g/mol. The van der Waals surface area contributed by atoms with E-state index in [2.05, 4.69) is 31.9 Å². The van der Waals surface area contributed by atoms with Crippen molar-refractivity contribution >= 4 is 37.6 Å². The summed E-state index contributed by atoms with van der Waals surface area (Å²) < 4.78 is 7.84. The zero-order valence-electron chi connectivity index (χ0n) is 9.90. The van der Waals surface area contributed by atoms with Crippen LogP contribution < -0.4 is 4.74 Å². The number of carbonyl (C=O) groups is 1. The first kappa shape index (κ1) is 12.9. The molecule has 0 N–H and O–H groups in total. The van der Waals surface area contributed by atoms with E-state index in [1.54, 1.807) is 0 Å². The van der Waals surface area contributed by atoms with Crippen LogP contribution in [0, 0.1) is 0 Å². The maximum absolute atomic E-state index is 12.2. The second-order valence-electron chi connectivity index (χ2n) is 4.43. The van der Waals surface area contributed by atoms with Crippen molar-refractivity contribution in [3.8, 4) is 5.75 Å². The summed E-state index contributed by atoms with van der Waals surface area (Å²) in [6.45, 7) is 0. The number of fused-ring (bicyclic) bond motifs is 1. The summed E-state index contributed by atoms with van der Waals surface area (Å²) in [5.74, 6) is 0.780. The van der Waals surface area contributed by atoms with Gasteiger partial charge in [-0.05, 0) is 35.9 Å². The Hall–Kier alpha value is -1.13. The van der Waals surface area contributed by atoms with Crippen molar-refractivity contribution in [3.05, 3.63) is 62.5 Å². The molecule has 1 aliphatic heterocycles. The van der Waals surface area contributed by atoms with Gasteiger partial charge >= 0.3 is 0 Å². The first-order valence-electron chi connectivity index (χ1n) is 5.88. The highest BCUT2D eigenvalue weighted by Crippen LogP contribution is 2.36.